The van der Waals surface area contributed by atoms with Crippen molar-refractivity contribution in [3.8, 4) is 17.1 Å². The molecule has 0 amide bonds. The van der Waals surface area contributed by atoms with E-state index < -0.39 is 0 Å². The summed E-state index contributed by atoms with van der Waals surface area (Å²) in [4.78, 5) is 15.1. The van der Waals surface area contributed by atoms with Crippen molar-refractivity contribution in [2.75, 3.05) is 30.4 Å². The van der Waals surface area contributed by atoms with Crippen molar-refractivity contribution in [2.45, 2.75) is 18.9 Å². The summed E-state index contributed by atoms with van der Waals surface area (Å²) in [6.07, 6.45) is 5.47. The van der Waals surface area contributed by atoms with Crippen LogP contribution in [0.3, 0.4) is 0 Å². The largest absolute Gasteiger partial charge is 0.388 e. The standard InChI is InChI=1S/C25H26N6O/c1-26-19-7-9-20(10-8-19)29-16-12-21(13-17-29)30-18-14-24(32)25(28-30)23-11-15-27-31(23)22-5-3-2-4-6-22/h2-11,14-15,18,21,26H,12-13,16-17H2,1H3. The van der Waals surface area contributed by atoms with Crippen molar-refractivity contribution in [1.82, 2.24) is 19.6 Å². The summed E-state index contributed by atoms with van der Waals surface area (Å²) in [7, 11) is 1.93. The quantitative estimate of drug-likeness (QED) is 0.523. The molecule has 1 saturated heterocycles. The zero-order chi connectivity index (χ0) is 21.9. The van der Waals surface area contributed by atoms with Crippen LogP contribution in [-0.4, -0.2) is 39.7 Å². The van der Waals surface area contributed by atoms with Crippen LogP contribution < -0.4 is 15.6 Å². The first-order chi connectivity index (χ1) is 15.7. The second-order valence-electron chi connectivity index (χ2n) is 7.99. The van der Waals surface area contributed by atoms with E-state index in [2.05, 4.69) is 39.6 Å². The minimum Gasteiger partial charge on any atom is -0.388 e. The van der Waals surface area contributed by atoms with Gasteiger partial charge in [0.05, 0.1) is 23.6 Å². The summed E-state index contributed by atoms with van der Waals surface area (Å²) in [5.74, 6) is 0. The van der Waals surface area contributed by atoms with Crippen molar-refractivity contribution in [3.63, 3.8) is 0 Å². The van der Waals surface area contributed by atoms with Crippen LogP contribution in [0.25, 0.3) is 17.1 Å². The summed E-state index contributed by atoms with van der Waals surface area (Å²) in [6.45, 7) is 1.91. The number of nitrogens with zero attached hydrogens (tertiary/aromatic N) is 5. The Morgan fingerprint density at radius 2 is 1.66 bits per heavy atom. The second kappa shape index (κ2) is 8.70. The molecule has 7 nitrogen and oxygen atoms in total. The molecule has 1 aliphatic rings. The Morgan fingerprint density at radius 3 is 2.38 bits per heavy atom. The van der Waals surface area contributed by atoms with Crippen LogP contribution in [0.5, 0.6) is 0 Å². The van der Waals surface area contributed by atoms with E-state index >= 15 is 0 Å². The number of piperidine rings is 1. The van der Waals surface area contributed by atoms with E-state index in [1.165, 1.54) is 5.69 Å². The molecule has 7 heteroatoms. The molecule has 1 aliphatic heterocycles. The molecule has 0 bridgehead atoms. The Balaban J connectivity index is 1.36. The summed E-state index contributed by atoms with van der Waals surface area (Å²) in [6, 6.07) is 22.1. The Labute approximate surface area is 186 Å². The van der Waals surface area contributed by atoms with E-state index in [1.807, 2.05) is 54.3 Å². The van der Waals surface area contributed by atoms with Gasteiger partial charge in [0.2, 0.25) is 5.43 Å². The van der Waals surface area contributed by atoms with Gasteiger partial charge in [-0.25, -0.2) is 4.68 Å². The van der Waals surface area contributed by atoms with Gasteiger partial charge in [-0.1, -0.05) is 18.2 Å². The van der Waals surface area contributed by atoms with E-state index in [-0.39, 0.29) is 11.5 Å². The highest BCUT2D eigenvalue weighted by atomic mass is 16.1. The molecular weight excluding hydrogens is 400 g/mol. The highest BCUT2D eigenvalue weighted by Gasteiger charge is 2.22. The van der Waals surface area contributed by atoms with Gasteiger partial charge in [0.25, 0.3) is 0 Å². The monoisotopic (exact) mass is 426 g/mol. The predicted molar refractivity (Wildman–Crippen MR) is 128 cm³/mol. The van der Waals surface area contributed by atoms with E-state index in [9.17, 15) is 4.79 Å². The van der Waals surface area contributed by atoms with Crippen molar-refractivity contribution in [1.29, 1.82) is 0 Å². The third-order valence-corrected chi connectivity index (χ3v) is 6.07. The Bertz CT molecular complexity index is 1240. The van der Waals surface area contributed by atoms with Gasteiger partial charge in [0.15, 0.2) is 5.69 Å². The number of hydrogen-bond acceptors (Lipinski definition) is 5. The molecule has 3 heterocycles. The molecule has 0 spiro atoms. The molecule has 0 saturated carbocycles. The molecule has 4 aromatic rings. The fourth-order valence-corrected chi connectivity index (χ4v) is 4.29. The molecule has 5 rings (SSSR count). The maximum Gasteiger partial charge on any atom is 0.209 e. The zero-order valence-electron chi connectivity index (χ0n) is 18.1. The first kappa shape index (κ1) is 20.1. The van der Waals surface area contributed by atoms with Crippen LogP contribution >= 0.6 is 0 Å². The zero-order valence-corrected chi connectivity index (χ0v) is 18.1. The van der Waals surface area contributed by atoms with Gasteiger partial charge < -0.3 is 10.2 Å². The number of aromatic nitrogens is 4. The van der Waals surface area contributed by atoms with Crippen molar-refractivity contribution < 1.29 is 0 Å². The summed E-state index contributed by atoms with van der Waals surface area (Å²) < 4.78 is 3.73. The number of rotatable bonds is 5. The molecule has 1 fully saturated rings. The van der Waals surface area contributed by atoms with Crippen molar-refractivity contribution in [2.24, 2.45) is 0 Å². The average Bonchev–Trinajstić information content (AvgIpc) is 3.35. The molecule has 1 N–H and O–H groups in total. The molecule has 32 heavy (non-hydrogen) atoms. The number of anilines is 2. The molecule has 0 atom stereocenters. The Hall–Kier alpha value is -3.87. The molecule has 0 unspecified atom stereocenters. The van der Waals surface area contributed by atoms with Crippen LogP contribution in [0.2, 0.25) is 0 Å². The summed E-state index contributed by atoms with van der Waals surface area (Å²) in [5.41, 5.74) is 4.30. The summed E-state index contributed by atoms with van der Waals surface area (Å²) in [5, 5.41) is 12.3. The average molecular weight is 427 g/mol. The fraction of sp³-hybridized carbons (Fsp3) is 0.240. The maximum absolute atomic E-state index is 12.7. The van der Waals surface area contributed by atoms with Gasteiger partial charge in [0, 0.05) is 43.8 Å². The molecule has 162 valence electrons. The molecule has 2 aromatic heterocycles. The Kier molecular flexibility index (Phi) is 5.46. The predicted octanol–water partition coefficient (Wildman–Crippen LogP) is 3.98. The first-order valence-electron chi connectivity index (χ1n) is 10.9. The third kappa shape index (κ3) is 3.89. The van der Waals surface area contributed by atoms with E-state index in [0.717, 1.165) is 37.3 Å². The highest BCUT2D eigenvalue weighted by molar-refractivity contribution is 5.57. The molecule has 2 aromatic carbocycles. The van der Waals surface area contributed by atoms with Crippen LogP contribution in [0.4, 0.5) is 11.4 Å². The fourth-order valence-electron chi connectivity index (χ4n) is 4.29. The normalized spacial score (nSPS) is 14.5. The van der Waals surface area contributed by atoms with E-state index in [1.54, 1.807) is 16.9 Å². The molecular formula is C25H26N6O. The van der Waals surface area contributed by atoms with Crippen LogP contribution in [0, 0.1) is 0 Å². The lowest BCUT2D eigenvalue weighted by molar-refractivity contribution is 0.362. The van der Waals surface area contributed by atoms with Gasteiger partial charge in [0.1, 0.15) is 0 Å². The Morgan fingerprint density at radius 1 is 0.906 bits per heavy atom. The minimum absolute atomic E-state index is 0.0963. The lowest BCUT2D eigenvalue weighted by Crippen LogP contribution is -2.35. The lowest BCUT2D eigenvalue weighted by atomic mass is 10.0. The van der Waals surface area contributed by atoms with Crippen LogP contribution in [0.15, 0.2) is 83.9 Å². The number of para-hydroxylation sites is 1. The molecule has 0 aliphatic carbocycles. The third-order valence-electron chi connectivity index (χ3n) is 6.07. The minimum atomic E-state index is -0.0963. The number of benzene rings is 2. The van der Waals surface area contributed by atoms with Crippen LogP contribution in [0.1, 0.15) is 18.9 Å². The van der Waals surface area contributed by atoms with Gasteiger partial charge >= 0.3 is 0 Å². The second-order valence-corrected chi connectivity index (χ2v) is 7.99. The summed E-state index contributed by atoms with van der Waals surface area (Å²) >= 11 is 0. The van der Waals surface area contributed by atoms with Crippen molar-refractivity contribution in [3.05, 3.63) is 89.3 Å². The van der Waals surface area contributed by atoms with Gasteiger partial charge in [-0.2, -0.15) is 10.2 Å². The van der Waals surface area contributed by atoms with Gasteiger partial charge in [-0.3, -0.25) is 9.48 Å². The SMILES string of the molecule is CNc1ccc(N2CCC(n3ccc(=O)c(-c4ccnn4-c4ccccc4)n3)CC2)cc1. The topological polar surface area (TPSA) is 68.0 Å². The van der Waals surface area contributed by atoms with E-state index in [4.69, 9.17) is 5.10 Å². The van der Waals surface area contributed by atoms with Crippen LogP contribution in [-0.2, 0) is 0 Å². The first-order valence-corrected chi connectivity index (χ1v) is 10.9. The van der Waals surface area contributed by atoms with Gasteiger partial charge in [-0.15, -0.1) is 0 Å². The lowest BCUT2D eigenvalue weighted by Gasteiger charge is -2.34. The van der Waals surface area contributed by atoms with Crippen molar-refractivity contribution >= 4 is 11.4 Å². The number of hydrogen-bond donors (Lipinski definition) is 1. The molecule has 0 radical (unpaired) electrons. The smallest absolute Gasteiger partial charge is 0.209 e. The van der Waals surface area contributed by atoms with Gasteiger partial charge in [-0.05, 0) is 55.3 Å². The number of nitrogens with one attached hydrogen (secondary N) is 1. The highest BCUT2D eigenvalue weighted by Crippen LogP contribution is 2.27. The maximum atomic E-state index is 12.7. The van der Waals surface area contributed by atoms with E-state index in [0.29, 0.717) is 11.4 Å².